The lowest BCUT2D eigenvalue weighted by atomic mass is 9.81. The minimum atomic E-state index is -0.144. The summed E-state index contributed by atoms with van der Waals surface area (Å²) >= 11 is 0. The Morgan fingerprint density at radius 1 is 0.926 bits per heavy atom. The second-order valence-corrected chi connectivity index (χ2v) is 8.39. The highest BCUT2D eigenvalue weighted by atomic mass is 16.2. The van der Waals surface area contributed by atoms with Crippen molar-refractivity contribution in [2.75, 3.05) is 0 Å². The first kappa shape index (κ1) is 23.9. The van der Waals surface area contributed by atoms with E-state index in [1.165, 1.54) is 76.2 Å². The van der Waals surface area contributed by atoms with Crippen molar-refractivity contribution in [3.8, 4) is 0 Å². The van der Waals surface area contributed by atoms with Crippen molar-refractivity contribution in [3.05, 3.63) is 11.6 Å². The number of hydrogen-bond acceptors (Lipinski definition) is 2. The van der Waals surface area contributed by atoms with Crippen LogP contribution in [0.3, 0.4) is 0 Å². The molecule has 1 N–H and O–H groups in total. The van der Waals surface area contributed by atoms with Crippen LogP contribution >= 0.6 is 0 Å². The Labute approximate surface area is 167 Å². The van der Waals surface area contributed by atoms with E-state index in [4.69, 9.17) is 0 Å². The number of unbranched alkanes of at least 4 members (excludes halogenated alkanes) is 11. The summed E-state index contributed by atoms with van der Waals surface area (Å²) in [4.78, 5) is 23.8. The third-order valence-corrected chi connectivity index (χ3v) is 5.97. The summed E-state index contributed by atoms with van der Waals surface area (Å²) in [5.41, 5.74) is 1.32. The molecule has 0 aromatic heterocycles. The van der Waals surface area contributed by atoms with Crippen molar-refractivity contribution < 1.29 is 9.59 Å². The molecule has 3 heteroatoms. The lowest BCUT2D eigenvalue weighted by Gasteiger charge is -2.22. The largest absolute Gasteiger partial charge is 0.296 e. The molecule has 156 valence electrons. The molecule has 0 radical (unpaired) electrons. The molecular weight excluding hydrogens is 334 g/mol. The van der Waals surface area contributed by atoms with Crippen LogP contribution in [0.25, 0.3) is 0 Å². The first-order valence-corrected chi connectivity index (χ1v) is 11.6. The van der Waals surface area contributed by atoms with E-state index in [9.17, 15) is 9.59 Å². The second kappa shape index (κ2) is 14.9. The summed E-state index contributed by atoms with van der Waals surface area (Å²) in [6.45, 7) is 6.65. The molecule has 27 heavy (non-hydrogen) atoms. The number of allylic oxidation sites excluding steroid dienone is 2. The molecule has 1 saturated heterocycles. The third kappa shape index (κ3) is 10.1. The molecule has 1 fully saturated rings. The van der Waals surface area contributed by atoms with E-state index in [1.807, 2.05) is 0 Å². The Kier molecular flexibility index (Phi) is 13.2. The predicted molar refractivity (Wildman–Crippen MR) is 114 cm³/mol. The number of amides is 2. The Morgan fingerprint density at radius 3 is 2.04 bits per heavy atom. The molecule has 0 aliphatic carbocycles. The molecule has 0 aromatic rings. The molecule has 0 bridgehead atoms. The van der Waals surface area contributed by atoms with Gasteiger partial charge in [0.2, 0.25) is 11.8 Å². The molecule has 2 amide bonds. The zero-order chi connectivity index (χ0) is 19.9. The fourth-order valence-electron chi connectivity index (χ4n) is 4.20. The van der Waals surface area contributed by atoms with Crippen molar-refractivity contribution in [1.82, 2.24) is 5.32 Å². The van der Waals surface area contributed by atoms with Gasteiger partial charge < -0.3 is 0 Å². The van der Waals surface area contributed by atoms with E-state index < -0.39 is 0 Å². The van der Waals surface area contributed by atoms with Crippen LogP contribution in [0.4, 0.5) is 0 Å². The lowest BCUT2D eigenvalue weighted by Crippen LogP contribution is -2.26. The van der Waals surface area contributed by atoms with Gasteiger partial charge in [-0.25, -0.2) is 0 Å². The molecule has 0 saturated carbocycles. The Morgan fingerprint density at radius 2 is 1.48 bits per heavy atom. The number of rotatable bonds is 16. The van der Waals surface area contributed by atoms with Gasteiger partial charge in [0.25, 0.3) is 0 Å². The summed E-state index contributed by atoms with van der Waals surface area (Å²) in [7, 11) is 0. The highest BCUT2D eigenvalue weighted by molar-refractivity contribution is 6.03. The average Bonchev–Trinajstić information content (AvgIpc) is 2.98. The Hall–Kier alpha value is -1.12. The lowest BCUT2D eigenvalue weighted by molar-refractivity contribution is -0.126. The fourth-order valence-corrected chi connectivity index (χ4v) is 4.20. The van der Waals surface area contributed by atoms with Crippen LogP contribution in [-0.2, 0) is 9.59 Å². The van der Waals surface area contributed by atoms with Crippen molar-refractivity contribution in [2.24, 2.45) is 11.8 Å². The summed E-state index contributed by atoms with van der Waals surface area (Å²) in [5.74, 6) is -0.0592. The molecule has 1 rings (SSSR count). The SMILES string of the molecule is CCCCCCCCCCC=C(C)C(CCCCCC)C1CC(=O)NC1=O. The first-order valence-electron chi connectivity index (χ1n) is 11.6. The highest BCUT2D eigenvalue weighted by Crippen LogP contribution is 2.32. The van der Waals surface area contributed by atoms with Crippen molar-refractivity contribution in [1.29, 1.82) is 0 Å². The van der Waals surface area contributed by atoms with E-state index in [2.05, 4.69) is 32.2 Å². The Bertz CT molecular complexity index is 455. The first-order chi connectivity index (χ1) is 13.1. The molecule has 1 aliphatic heterocycles. The van der Waals surface area contributed by atoms with E-state index in [0.717, 1.165) is 19.3 Å². The van der Waals surface area contributed by atoms with E-state index in [1.54, 1.807) is 0 Å². The van der Waals surface area contributed by atoms with Crippen LogP contribution in [0, 0.1) is 11.8 Å². The minimum absolute atomic E-state index is 0.0553. The van der Waals surface area contributed by atoms with E-state index in [-0.39, 0.29) is 23.7 Å². The molecule has 0 spiro atoms. The van der Waals surface area contributed by atoms with E-state index in [0.29, 0.717) is 6.42 Å². The van der Waals surface area contributed by atoms with Gasteiger partial charge in [0.15, 0.2) is 0 Å². The van der Waals surface area contributed by atoms with Crippen molar-refractivity contribution in [2.45, 2.75) is 117 Å². The maximum atomic E-state index is 12.2. The van der Waals surface area contributed by atoms with Crippen LogP contribution in [0.5, 0.6) is 0 Å². The molecule has 1 aliphatic rings. The summed E-state index contributed by atoms with van der Waals surface area (Å²) < 4.78 is 0. The molecule has 1 heterocycles. The van der Waals surface area contributed by atoms with Gasteiger partial charge in [-0.05, 0) is 32.1 Å². The molecule has 2 unspecified atom stereocenters. The minimum Gasteiger partial charge on any atom is -0.296 e. The average molecular weight is 378 g/mol. The van der Waals surface area contributed by atoms with Crippen LogP contribution in [0.1, 0.15) is 117 Å². The number of carbonyl (C=O) groups excluding carboxylic acids is 2. The van der Waals surface area contributed by atoms with Crippen LogP contribution in [-0.4, -0.2) is 11.8 Å². The number of nitrogens with one attached hydrogen (secondary N) is 1. The summed E-state index contributed by atoms with van der Waals surface area (Å²) in [5, 5.41) is 2.50. The fraction of sp³-hybridized carbons (Fsp3) is 0.833. The van der Waals surface area contributed by atoms with Gasteiger partial charge in [-0.2, -0.15) is 0 Å². The number of hydrogen-bond donors (Lipinski definition) is 1. The molecule has 2 atom stereocenters. The van der Waals surface area contributed by atoms with Gasteiger partial charge in [-0.1, -0.05) is 96.1 Å². The van der Waals surface area contributed by atoms with Crippen LogP contribution in [0.15, 0.2) is 11.6 Å². The Balaban J connectivity index is 2.40. The maximum absolute atomic E-state index is 12.2. The van der Waals surface area contributed by atoms with Crippen LogP contribution in [0.2, 0.25) is 0 Å². The monoisotopic (exact) mass is 377 g/mol. The molecule has 3 nitrogen and oxygen atoms in total. The van der Waals surface area contributed by atoms with Gasteiger partial charge >= 0.3 is 0 Å². The summed E-state index contributed by atoms with van der Waals surface area (Å²) in [6, 6.07) is 0. The molecule has 0 aromatic carbocycles. The van der Waals surface area contributed by atoms with E-state index >= 15 is 0 Å². The standard InChI is InChI=1S/C24H43NO2/c1-4-6-8-10-11-12-13-14-15-17-20(3)21(18-16-9-7-5-2)22-19-23(26)25-24(22)27/h17,21-22H,4-16,18-19H2,1-3H3,(H,25,26,27). The smallest absolute Gasteiger partial charge is 0.230 e. The normalized spacial score (nSPS) is 18.8. The zero-order valence-corrected chi connectivity index (χ0v) is 18.2. The second-order valence-electron chi connectivity index (χ2n) is 8.39. The topological polar surface area (TPSA) is 46.2 Å². The summed E-state index contributed by atoms with van der Waals surface area (Å²) in [6.07, 6.45) is 20.4. The predicted octanol–water partition coefficient (Wildman–Crippen LogP) is 6.71. The number of imide groups is 1. The zero-order valence-electron chi connectivity index (χ0n) is 18.2. The highest BCUT2D eigenvalue weighted by Gasteiger charge is 2.36. The van der Waals surface area contributed by atoms with Gasteiger partial charge in [0.05, 0.1) is 5.92 Å². The van der Waals surface area contributed by atoms with Crippen LogP contribution < -0.4 is 5.32 Å². The molecular formula is C24H43NO2. The van der Waals surface area contributed by atoms with Gasteiger partial charge in [-0.3, -0.25) is 14.9 Å². The quantitative estimate of drug-likeness (QED) is 0.184. The van der Waals surface area contributed by atoms with Crippen molar-refractivity contribution >= 4 is 11.8 Å². The number of carbonyl (C=O) groups is 2. The van der Waals surface area contributed by atoms with Gasteiger partial charge in [-0.15, -0.1) is 0 Å². The van der Waals surface area contributed by atoms with Gasteiger partial charge in [0, 0.05) is 6.42 Å². The third-order valence-electron chi connectivity index (χ3n) is 5.97. The van der Waals surface area contributed by atoms with Gasteiger partial charge in [0.1, 0.15) is 0 Å². The maximum Gasteiger partial charge on any atom is 0.230 e. The van der Waals surface area contributed by atoms with Crippen molar-refractivity contribution in [3.63, 3.8) is 0 Å².